The molecule has 1 aromatic carbocycles. The van der Waals surface area contributed by atoms with Gasteiger partial charge in [0.25, 0.3) is 0 Å². The van der Waals surface area contributed by atoms with Gasteiger partial charge in [-0.1, -0.05) is 11.8 Å². The van der Waals surface area contributed by atoms with Crippen molar-refractivity contribution in [2.24, 2.45) is 0 Å². The highest BCUT2D eigenvalue weighted by Gasteiger charge is 2.37. The second kappa shape index (κ2) is 8.75. The second-order valence-electron chi connectivity index (χ2n) is 9.31. The van der Waals surface area contributed by atoms with E-state index in [0.29, 0.717) is 18.0 Å². The number of alkyl carbamates (subject to hydrolysis) is 1. The zero-order chi connectivity index (χ0) is 24.9. The van der Waals surface area contributed by atoms with Gasteiger partial charge in [0.15, 0.2) is 5.82 Å². The summed E-state index contributed by atoms with van der Waals surface area (Å²) in [6.07, 6.45) is -0.119. The Kier molecular flexibility index (Phi) is 6.26. The van der Waals surface area contributed by atoms with Crippen molar-refractivity contribution in [3.63, 3.8) is 0 Å². The Morgan fingerprint density at radius 2 is 2.00 bits per heavy atom. The molecule has 2 aromatic rings. The van der Waals surface area contributed by atoms with E-state index in [2.05, 4.69) is 5.32 Å². The largest absolute Gasteiger partial charge is 0.462 e. The van der Waals surface area contributed by atoms with Crippen molar-refractivity contribution in [3.05, 3.63) is 33.5 Å². The zero-order valence-electron chi connectivity index (χ0n) is 19.7. The molecule has 2 aliphatic rings. The first-order valence-corrected chi connectivity index (χ1v) is 12.0. The van der Waals surface area contributed by atoms with Crippen LogP contribution in [0.1, 0.15) is 56.8 Å². The molecular formula is C23H27F2N3O5S. The maximum atomic E-state index is 15.8. The third kappa shape index (κ3) is 4.21. The van der Waals surface area contributed by atoms with Gasteiger partial charge >= 0.3 is 12.1 Å². The number of pyridine rings is 1. The third-order valence-electron chi connectivity index (χ3n) is 5.66. The number of halogens is 2. The number of esters is 1. The summed E-state index contributed by atoms with van der Waals surface area (Å²) in [5, 5.41) is 2.59. The van der Waals surface area contributed by atoms with Crippen molar-refractivity contribution in [1.29, 1.82) is 0 Å². The molecule has 0 radical (unpaired) electrons. The average molecular weight is 496 g/mol. The molecule has 2 atom stereocenters. The highest BCUT2D eigenvalue weighted by atomic mass is 32.2. The standard InChI is InChI=1S/C23H27F2N3O5S/c1-6-32-21(30)15-19(29)13-9-14(24)18(16(25)17(13)28-11(2)34-20(15)28)27-8-7-12(10-27)26-22(31)33-23(3,4)5/h9,11-12H,6-8,10H2,1-5H3,(H,26,31). The maximum absolute atomic E-state index is 15.8. The summed E-state index contributed by atoms with van der Waals surface area (Å²) < 4.78 is 42.8. The summed E-state index contributed by atoms with van der Waals surface area (Å²) in [7, 11) is 0. The number of fused-ring (bicyclic) bond motifs is 3. The minimum Gasteiger partial charge on any atom is -0.462 e. The van der Waals surface area contributed by atoms with Crippen LogP contribution in [0.2, 0.25) is 0 Å². The van der Waals surface area contributed by atoms with Gasteiger partial charge in [-0.3, -0.25) is 4.79 Å². The first-order chi connectivity index (χ1) is 15.9. The highest BCUT2D eigenvalue weighted by Crippen LogP contribution is 2.47. The number of anilines is 1. The van der Waals surface area contributed by atoms with E-state index in [1.807, 2.05) is 0 Å². The number of amides is 1. The maximum Gasteiger partial charge on any atom is 0.407 e. The van der Waals surface area contributed by atoms with Crippen LogP contribution < -0.4 is 15.6 Å². The fraction of sp³-hybridized carbons (Fsp3) is 0.522. The summed E-state index contributed by atoms with van der Waals surface area (Å²) in [5.74, 6) is -2.58. The Bertz CT molecular complexity index is 1240. The van der Waals surface area contributed by atoms with Gasteiger partial charge in [-0.15, -0.1) is 0 Å². The summed E-state index contributed by atoms with van der Waals surface area (Å²) in [6.45, 7) is 9.22. The van der Waals surface area contributed by atoms with E-state index in [1.54, 1.807) is 39.2 Å². The molecule has 0 spiro atoms. The molecule has 0 bridgehead atoms. The zero-order valence-corrected chi connectivity index (χ0v) is 20.5. The van der Waals surface area contributed by atoms with Crippen molar-refractivity contribution in [3.8, 4) is 0 Å². The van der Waals surface area contributed by atoms with E-state index in [9.17, 15) is 14.4 Å². The molecule has 2 aliphatic heterocycles. The van der Waals surface area contributed by atoms with E-state index in [4.69, 9.17) is 9.47 Å². The van der Waals surface area contributed by atoms with E-state index in [1.165, 1.54) is 16.7 Å². The molecule has 3 heterocycles. The number of thioether (sulfide) groups is 1. The quantitative estimate of drug-likeness (QED) is 0.637. The first kappa shape index (κ1) is 24.3. The summed E-state index contributed by atoms with van der Waals surface area (Å²) in [6, 6.07) is 0.631. The van der Waals surface area contributed by atoms with E-state index >= 15 is 8.78 Å². The lowest BCUT2D eigenvalue weighted by Gasteiger charge is -2.33. The molecule has 1 N–H and O–H groups in total. The molecule has 0 saturated carbocycles. The predicted octanol–water partition coefficient (Wildman–Crippen LogP) is 4.18. The van der Waals surface area contributed by atoms with E-state index in [-0.39, 0.29) is 46.7 Å². The van der Waals surface area contributed by atoms with Gasteiger partial charge in [0.05, 0.1) is 34.0 Å². The average Bonchev–Trinajstić information content (AvgIpc) is 3.15. The van der Waals surface area contributed by atoms with Gasteiger partial charge in [-0.2, -0.15) is 0 Å². The molecule has 4 rings (SSSR count). The number of ether oxygens (including phenoxy) is 2. The molecule has 0 aliphatic carbocycles. The number of hydrogen-bond donors (Lipinski definition) is 1. The normalized spacial score (nSPS) is 19.6. The van der Waals surface area contributed by atoms with Gasteiger partial charge in [0, 0.05) is 13.1 Å². The van der Waals surface area contributed by atoms with Crippen LogP contribution in [0.25, 0.3) is 10.9 Å². The van der Waals surface area contributed by atoms with Gasteiger partial charge in [-0.25, -0.2) is 18.4 Å². The number of nitrogens with one attached hydrogen (secondary N) is 1. The minimum absolute atomic E-state index is 0.0424. The molecule has 184 valence electrons. The fourth-order valence-corrected chi connectivity index (χ4v) is 5.45. The molecule has 1 fully saturated rings. The van der Waals surface area contributed by atoms with Crippen LogP contribution in [0.15, 0.2) is 15.9 Å². The topological polar surface area (TPSA) is 89.9 Å². The van der Waals surface area contributed by atoms with Crippen molar-refractivity contribution >= 4 is 40.4 Å². The Morgan fingerprint density at radius 3 is 2.62 bits per heavy atom. The van der Waals surface area contributed by atoms with Crippen molar-refractivity contribution in [2.45, 2.75) is 63.1 Å². The van der Waals surface area contributed by atoms with Crippen LogP contribution in [0, 0.1) is 11.6 Å². The van der Waals surface area contributed by atoms with E-state index < -0.39 is 34.7 Å². The molecule has 8 nitrogen and oxygen atoms in total. The Morgan fingerprint density at radius 1 is 1.29 bits per heavy atom. The van der Waals surface area contributed by atoms with Crippen LogP contribution >= 0.6 is 11.8 Å². The number of rotatable bonds is 4. The molecule has 2 unspecified atom stereocenters. The summed E-state index contributed by atoms with van der Waals surface area (Å²) in [5.41, 5.74) is -1.92. The number of aromatic nitrogens is 1. The van der Waals surface area contributed by atoms with Gasteiger partial charge < -0.3 is 24.3 Å². The fourth-order valence-electron chi connectivity index (χ4n) is 4.32. The second-order valence-corrected chi connectivity index (χ2v) is 10.6. The van der Waals surface area contributed by atoms with Crippen LogP contribution in [0.3, 0.4) is 0 Å². The van der Waals surface area contributed by atoms with Crippen LogP contribution in [0.5, 0.6) is 0 Å². The predicted molar refractivity (Wildman–Crippen MR) is 125 cm³/mol. The lowest BCUT2D eigenvalue weighted by Crippen LogP contribution is -2.40. The number of hydrogen-bond acceptors (Lipinski definition) is 7. The van der Waals surface area contributed by atoms with Crippen molar-refractivity contribution in [1.82, 2.24) is 9.88 Å². The highest BCUT2D eigenvalue weighted by molar-refractivity contribution is 8.00. The molecule has 1 aromatic heterocycles. The Labute approximate surface area is 199 Å². The van der Waals surface area contributed by atoms with Crippen molar-refractivity contribution in [2.75, 3.05) is 24.6 Å². The molecule has 1 saturated heterocycles. The summed E-state index contributed by atoms with van der Waals surface area (Å²) >= 11 is 1.25. The lowest BCUT2D eigenvalue weighted by molar-refractivity contribution is 0.0502. The monoisotopic (exact) mass is 495 g/mol. The Balaban J connectivity index is 1.71. The van der Waals surface area contributed by atoms with Gasteiger partial charge in [-0.05, 0) is 47.1 Å². The molecule has 1 amide bonds. The SMILES string of the molecule is CCOC(=O)c1c2n(c3c(F)c(N4CCC(NC(=O)OC(C)(C)C)C4)c(F)cc3c1=O)C(C)S2. The van der Waals surface area contributed by atoms with Gasteiger partial charge in [0.1, 0.15) is 22.7 Å². The van der Waals surface area contributed by atoms with Crippen LogP contribution in [0.4, 0.5) is 19.3 Å². The smallest absolute Gasteiger partial charge is 0.407 e. The number of carbonyl (C=O) groups excluding carboxylic acids is 2. The van der Waals surface area contributed by atoms with E-state index in [0.717, 1.165) is 6.07 Å². The Hall–Kier alpha value is -2.82. The minimum atomic E-state index is -0.907. The number of carbonyl (C=O) groups is 2. The van der Waals surface area contributed by atoms with Crippen molar-refractivity contribution < 1.29 is 27.8 Å². The molecule has 34 heavy (non-hydrogen) atoms. The molecule has 11 heteroatoms. The first-order valence-electron chi connectivity index (χ1n) is 11.1. The van der Waals surface area contributed by atoms with Crippen LogP contribution in [-0.2, 0) is 9.47 Å². The van der Waals surface area contributed by atoms with Gasteiger partial charge in [0.2, 0.25) is 5.43 Å². The summed E-state index contributed by atoms with van der Waals surface area (Å²) in [4.78, 5) is 39.0. The lowest BCUT2D eigenvalue weighted by atomic mass is 10.1. The number of benzene rings is 1. The number of nitrogens with zero attached hydrogens (tertiary/aromatic N) is 2. The molecular weight excluding hydrogens is 468 g/mol. The van der Waals surface area contributed by atoms with Crippen LogP contribution in [-0.4, -0.2) is 48.0 Å². The third-order valence-corrected chi connectivity index (χ3v) is 6.84.